The van der Waals surface area contributed by atoms with Crippen LogP contribution in [0.1, 0.15) is 48.9 Å². The number of rotatable bonds is 4. The van der Waals surface area contributed by atoms with Crippen molar-refractivity contribution in [1.29, 1.82) is 0 Å². The van der Waals surface area contributed by atoms with Gasteiger partial charge in [-0.3, -0.25) is 10.1 Å². The lowest BCUT2D eigenvalue weighted by molar-refractivity contribution is -0.386. The number of carboxylic acid groups (broad SMARTS) is 1. The molecule has 0 aromatic heterocycles. The van der Waals surface area contributed by atoms with Gasteiger partial charge >= 0.3 is 11.7 Å². The van der Waals surface area contributed by atoms with E-state index in [1.165, 1.54) is 18.2 Å². The fourth-order valence-electron chi connectivity index (χ4n) is 2.49. The molecule has 1 aromatic carbocycles. The quantitative estimate of drug-likeness (QED) is 0.518. The predicted octanol–water partition coefficient (Wildman–Crippen LogP) is 3.39. The number of benzene rings is 1. The normalized spacial score (nSPS) is 16.4. The van der Waals surface area contributed by atoms with Crippen LogP contribution in [0.25, 0.3) is 0 Å². The maximum atomic E-state index is 11.2. The van der Waals surface area contributed by atoms with Gasteiger partial charge in [0, 0.05) is 6.07 Å². The average molecular weight is 279 g/mol. The number of nitrogens with zero attached hydrogens (tertiary/aromatic N) is 1. The summed E-state index contributed by atoms with van der Waals surface area (Å²) >= 11 is 0. The van der Waals surface area contributed by atoms with E-state index < -0.39 is 10.9 Å². The van der Waals surface area contributed by atoms with Crippen LogP contribution in [0.3, 0.4) is 0 Å². The van der Waals surface area contributed by atoms with Crippen molar-refractivity contribution in [2.24, 2.45) is 0 Å². The number of para-hydroxylation sites is 1. The number of nitro benzene ring substituents is 1. The first-order valence-corrected chi connectivity index (χ1v) is 6.77. The number of ether oxygens (including phenoxy) is 1. The average Bonchev–Trinajstić information content (AvgIpc) is 2.67. The molecule has 0 aliphatic heterocycles. The summed E-state index contributed by atoms with van der Waals surface area (Å²) in [5.41, 5.74) is -0.433. The van der Waals surface area contributed by atoms with Crippen molar-refractivity contribution in [2.75, 3.05) is 0 Å². The standard InChI is InChI=1S/C14H17NO5/c16-14(17)11-8-5-9-12(15(18)19)13(11)20-10-6-3-1-2-4-7-10/h5,8-10H,1-4,6-7H2,(H,16,17). The van der Waals surface area contributed by atoms with Crippen molar-refractivity contribution in [1.82, 2.24) is 0 Å². The molecule has 0 spiro atoms. The molecule has 1 aromatic rings. The topological polar surface area (TPSA) is 89.7 Å². The summed E-state index contributed by atoms with van der Waals surface area (Å²) in [6.07, 6.45) is 5.75. The van der Waals surface area contributed by atoms with Crippen molar-refractivity contribution in [3.63, 3.8) is 0 Å². The lowest BCUT2D eigenvalue weighted by Crippen LogP contribution is -2.18. The third-order valence-corrected chi connectivity index (χ3v) is 3.51. The number of nitro groups is 1. The molecular formula is C14H17NO5. The largest absolute Gasteiger partial charge is 0.483 e. The molecule has 1 N–H and O–H groups in total. The maximum Gasteiger partial charge on any atom is 0.339 e. The van der Waals surface area contributed by atoms with E-state index in [2.05, 4.69) is 0 Å². The van der Waals surface area contributed by atoms with E-state index in [9.17, 15) is 14.9 Å². The molecule has 0 heterocycles. The molecule has 0 amide bonds. The van der Waals surface area contributed by atoms with Gasteiger partial charge < -0.3 is 9.84 Å². The molecule has 1 aliphatic carbocycles. The Labute approximate surface area is 116 Å². The van der Waals surface area contributed by atoms with Crippen LogP contribution in [0.15, 0.2) is 18.2 Å². The summed E-state index contributed by atoms with van der Waals surface area (Å²) in [6.45, 7) is 0. The van der Waals surface area contributed by atoms with Gasteiger partial charge in [-0.2, -0.15) is 0 Å². The molecule has 2 rings (SSSR count). The predicted molar refractivity (Wildman–Crippen MR) is 72.2 cm³/mol. The Bertz CT molecular complexity index is 474. The third kappa shape index (κ3) is 3.26. The number of carboxylic acids is 1. The van der Waals surface area contributed by atoms with Gasteiger partial charge in [0.05, 0.1) is 11.0 Å². The van der Waals surface area contributed by atoms with E-state index in [0.29, 0.717) is 0 Å². The van der Waals surface area contributed by atoms with Crippen molar-refractivity contribution < 1.29 is 19.6 Å². The highest BCUT2D eigenvalue weighted by molar-refractivity contribution is 5.92. The highest BCUT2D eigenvalue weighted by Gasteiger charge is 2.26. The van der Waals surface area contributed by atoms with E-state index in [4.69, 9.17) is 9.84 Å². The molecule has 6 heteroatoms. The second-order valence-electron chi connectivity index (χ2n) is 4.95. The number of aromatic carboxylic acids is 1. The van der Waals surface area contributed by atoms with Gasteiger partial charge in [-0.05, 0) is 31.7 Å². The molecule has 0 unspecified atom stereocenters. The fourth-order valence-corrected chi connectivity index (χ4v) is 2.49. The Balaban J connectivity index is 2.31. The van der Waals surface area contributed by atoms with Crippen LogP contribution in [0.4, 0.5) is 5.69 Å². The zero-order valence-electron chi connectivity index (χ0n) is 11.1. The van der Waals surface area contributed by atoms with Crippen LogP contribution >= 0.6 is 0 Å². The second kappa shape index (κ2) is 6.36. The smallest absolute Gasteiger partial charge is 0.339 e. The van der Waals surface area contributed by atoms with Crippen molar-refractivity contribution in [3.05, 3.63) is 33.9 Å². The van der Waals surface area contributed by atoms with Crippen LogP contribution in [-0.2, 0) is 0 Å². The zero-order chi connectivity index (χ0) is 14.5. The number of hydrogen-bond acceptors (Lipinski definition) is 4. The number of hydrogen-bond donors (Lipinski definition) is 1. The van der Waals surface area contributed by atoms with E-state index in [1.54, 1.807) is 0 Å². The molecule has 0 saturated heterocycles. The highest BCUT2D eigenvalue weighted by atomic mass is 16.6. The molecule has 0 bridgehead atoms. The molecule has 1 aliphatic rings. The molecule has 1 saturated carbocycles. The fraction of sp³-hybridized carbons (Fsp3) is 0.500. The lowest BCUT2D eigenvalue weighted by atomic mass is 10.1. The van der Waals surface area contributed by atoms with E-state index >= 15 is 0 Å². The van der Waals surface area contributed by atoms with Gasteiger partial charge in [0.25, 0.3) is 0 Å². The summed E-state index contributed by atoms with van der Waals surface area (Å²) in [5, 5.41) is 20.2. The molecular weight excluding hydrogens is 262 g/mol. The van der Waals surface area contributed by atoms with Crippen molar-refractivity contribution in [3.8, 4) is 5.75 Å². The SMILES string of the molecule is O=C(O)c1cccc([N+](=O)[O-])c1OC1CCCCCC1. The molecule has 20 heavy (non-hydrogen) atoms. The van der Waals surface area contributed by atoms with Crippen molar-refractivity contribution >= 4 is 11.7 Å². The van der Waals surface area contributed by atoms with Crippen LogP contribution in [0, 0.1) is 10.1 Å². The van der Waals surface area contributed by atoms with Crippen LogP contribution in [-0.4, -0.2) is 22.1 Å². The van der Waals surface area contributed by atoms with Crippen LogP contribution in [0.2, 0.25) is 0 Å². The first-order chi connectivity index (χ1) is 9.59. The van der Waals surface area contributed by atoms with Gasteiger partial charge in [-0.1, -0.05) is 18.9 Å². The summed E-state index contributed by atoms with van der Waals surface area (Å²) in [7, 11) is 0. The van der Waals surface area contributed by atoms with Gasteiger partial charge in [0.1, 0.15) is 5.56 Å². The first-order valence-electron chi connectivity index (χ1n) is 6.77. The Morgan fingerprint density at radius 1 is 1.25 bits per heavy atom. The first kappa shape index (κ1) is 14.3. The molecule has 0 atom stereocenters. The van der Waals surface area contributed by atoms with E-state index in [-0.39, 0.29) is 23.1 Å². The maximum absolute atomic E-state index is 11.2. The van der Waals surface area contributed by atoms with Gasteiger partial charge in [0.15, 0.2) is 0 Å². The minimum Gasteiger partial charge on any atom is -0.483 e. The monoisotopic (exact) mass is 279 g/mol. The third-order valence-electron chi connectivity index (χ3n) is 3.51. The van der Waals surface area contributed by atoms with Crippen molar-refractivity contribution in [2.45, 2.75) is 44.6 Å². The lowest BCUT2D eigenvalue weighted by Gasteiger charge is -2.18. The van der Waals surface area contributed by atoms with Crippen LogP contribution < -0.4 is 4.74 Å². The molecule has 6 nitrogen and oxygen atoms in total. The summed E-state index contributed by atoms with van der Waals surface area (Å²) in [6, 6.07) is 3.97. The van der Waals surface area contributed by atoms with Gasteiger partial charge in [0.2, 0.25) is 5.75 Å². The molecule has 108 valence electrons. The van der Waals surface area contributed by atoms with E-state index in [1.807, 2.05) is 0 Å². The summed E-state index contributed by atoms with van der Waals surface area (Å²) in [5.74, 6) is -1.32. The Hall–Kier alpha value is -2.11. The van der Waals surface area contributed by atoms with Gasteiger partial charge in [-0.15, -0.1) is 0 Å². The minimum atomic E-state index is -1.21. The summed E-state index contributed by atoms with van der Waals surface area (Å²) < 4.78 is 5.70. The molecule has 0 radical (unpaired) electrons. The van der Waals surface area contributed by atoms with Gasteiger partial charge in [-0.25, -0.2) is 4.79 Å². The van der Waals surface area contributed by atoms with E-state index in [0.717, 1.165) is 38.5 Å². The second-order valence-corrected chi connectivity index (χ2v) is 4.95. The van der Waals surface area contributed by atoms with Crippen LogP contribution in [0.5, 0.6) is 5.75 Å². The number of carbonyl (C=O) groups is 1. The molecule has 1 fully saturated rings. The Kier molecular flexibility index (Phi) is 4.55. The zero-order valence-corrected chi connectivity index (χ0v) is 11.1. The Morgan fingerprint density at radius 2 is 1.90 bits per heavy atom. The Morgan fingerprint density at radius 3 is 2.45 bits per heavy atom. The minimum absolute atomic E-state index is 0.114. The summed E-state index contributed by atoms with van der Waals surface area (Å²) in [4.78, 5) is 21.6. The highest BCUT2D eigenvalue weighted by Crippen LogP contribution is 2.34.